The summed E-state index contributed by atoms with van der Waals surface area (Å²) in [5.74, 6) is -0.599. The van der Waals surface area contributed by atoms with E-state index in [1.807, 2.05) is 0 Å². The van der Waals surface area contributed by atoms with Gasteiger partial charge in [0.2, 0.25) is 0 Å². The van der Waals surface area contributed by atoms with Crippen molar-refractivity contribution in [1.29, 1.82) is 0 Å². The van der Waals surface area contributed by atoms with Crippen LogP contribution < -0.4 is 0 Å². The number of hydrogen-bond acceptors (Lipinski definition) is 5. The fourth-order valence-corrected chi connectivity index (χ4v) is 4.53. The molecule has 0 spiro atoms. The average Bonchev–Trinajstić information content (AvgIpc) is 2.92. The molecule has 1 atom stereocenters. The van der Waals surface area contributed by atoms with Gasteiger partial charge in [0.05, 0.1) is 6.61 Å². The van der Waals surface area contributed by atoms with Gasteiger partial charge in [0, 0.05) is 12.8 Å². The number of aliphatic hydroxyl groups is 1. The number of carbonyl (C=O) groups is 2. The van der Waals surface area contributed by atoms with Crippen LogP contribution in [0.1, 0.15) is 168 Å². The zero-order valence-electron chi connectivity index (χ0n) is 25.2. The molecule has 0 unspecified atom stereocenters. The molecule has 0 aliphatic rings. The molecule has 38 heavy (non-hydrogen) atoms. The zero-order chi connectivity index (χ0) is 27.9. The molecule has 0 rings (SSSR count). The molecule has 0 aromatic rings. The van der Waals surface area contributed by atoms with Gasteiger partial charge in [-0.2, -0.15) is 0 Å². The Morgan fingerprint density at radius 2 is 1.00 bits per heavy atom. The minimum absolute atomic E-state index is 0.0642. The topological polar surface area (TPSA) is 72.8 Å². The van der Waals surface area contributed by atoms with Crippen molar-refractivity contribution in [1.82, 2.24) is 0 Å². The molecule has 5 heteroatoms. The van der Waals surface area contributed by atoms with Gasteiger partial charge < -0.3 is 14.6 Å². The molecule has 0 aliphatic carbocycles. The molecule has 0 aromatic carbocycles. The van der Waals surface area contributed by atoms with Gasteiger partial charge >= 0.3 is 11.9 Å². The van der Waals surface area contributed by atoms with Crippen LogP contribution in [0.25, 0.3) is 0 Å². The molecular weight excluding hydrogens is 476 g/mol. The Bertz CT molecular complexity index is 546. The van der Waals surface area contributed by atoms with E-state index >= 15 is 0 Å². The second-order valence-electron chi connectivity index (χ2n) is 10.9. The van der Waals surface area contributed by atoms with Gasteiger partial charge in [-0.3, -0.25) is 9.59 Å². The van der Waals surface area contributed by atoms with Gasteiger partial charge in [-0.1, -0.05) is 135 Å². The highest BCUT2D eigenvalue weighted by Crippen LogP contribution is 2.13. The SMILES string of the molecule is CCCC/C=C\CCCCCCCC(=O)O[C@@H](CO)COC(=O)CCCCCCCCCCCCCCC. The van der Waals surface area contributed by atoms with Crippen molar-refractivity contribution in [2.75, 3.05) is 13.2 Å². The summed E-state index contributed by atoms with van der Waals surface area (Å²) >= 11 is 0. The Kier molecular flexibility index (Phi) is 29.1. The Labute approximate surface area is 235 Å². The lowest BCUT2D eigenvalue weighted by Crippen LogP contribution is -2.28. The standard InChI is InChI=1S/C33H62O5/c1-3-5-7-9-11-13-15-16-18-19-21-23-25-27-32(35)37-30-31(29-34)38-33(36)28-26-24-22-20-17-14-12-10-8-6-4-2/h10,12,31,34H,3-9,11,13-30H2,1-2H3/b12-10-/t31-/m0/s1. The fraction of sp³-hybridized carbons (Fsp3) is 0.879. The first-order valence-corrected chi connectivity index (χ1v) is 16.2. The molecule has 0 saturated heterocycles. The molecular formula is C33H62O5. The van der Waals surface area contributed by atoms with Gasteiger partial charge in [0.15, 0.2) is 6.10 Å². The maximum Gasteiger partial charge on any atom is 0.306 e. The second kappa shape index (κ2) is 30.2. The molecule has 0 saturated carbocycles. The van der Waals surface area contributed by atoms with Crippen molar-refractivity contribution in [3.05, 3.63) is 12.2 Å². The summed E-state index contributed by atoms with van der Waals surface area (Å²) in [5.41, 5.74) is 0. The van der Waals surface area contributed by atoms with Crippen LogP contribution in [0.15, 0.2) is 12.2 Å². The van der Waals surface area contributed by atoms with E-state index in [9.17, 15) is 14.7 Å². The zero-order valence-corrected chi connectivity index (χ0v) is 25.2. The van der Waals surface area contributed by atoms with Crippen LogP contribution >= 0.6 is 0 Å². The molecule has 5 nitrogen and oxygen atoms in total. The van der Waals surface area contributed by atoms with Gasteiger partial charge in [0.25, 0.3) is 0 Å². The number of hydrogen-bond donors (Lipinski definition) is 1. The van der Waals surface area contributed by atoms with Crippen LogP contribution in [0.4, 0.5) is 0 Å². The Hall–Kier alpha value is -1.36. The molecule has 224 valence electrons. The molecule has 0 aromatic heterocycles. The summed E-state index contributed by atoms with van der Waals surface area (Å²) in [6.07, 6.45) is 31.2. The predicted molar refractivity (Wildman–Crippen MR) is 159 cm³/mol. The molecule has 1 N–H and O–H groups in total. The maximum absolute atomic E-state index is 12.0. The minimum atomic E-state index is -0.766. The quantitative estimate of drug-likeness (QED) is 0.0583. The van der Waals surface area contributed by atoms with Crippen molar-refractivity contribution in [2.24, 2.45) is 0 Å². The highest BCUT2D eigenvalue weighted by molar-refractivity contribution is 5.70. The normalized spacial score (nSPS) is 12.2. The first-order chi connectivity index (χ1) is 18.6. The van der Waals surface area contributed by atoms with Crippen LogP contribution in [0.2, 0.25) is 0 Å². The third-order valence-corrected chi connectivity index (χ3v) is 7.06. The summed E-state index contributed by atoms with van der Waals surface area (Å²) < 4.78 is 10.5. The van der Waals surface area contributed by atoms with Crippen molar-refractivity contribution >= 4 is 11.9 Å². The molecule has 0 amide bonds. The molecule has 0 bridgehead atoms. The van der Waals surface area contributed by atoms with Gasteiger partial charge in [-0.25, -0.2) is 0 Å². The molecule has 0 heterocycles. The highest BCUT2D eigenvalue weighted by atomic mass is 16.6. The summed E-state index contributed by atoms with van der Waals surface area (Å²) in [7, 11) is 0. The number of carbonyl (C=O) groups excluding carboxylic acids is 2. The number of unbranched alkanes of at least 4 members (excludes halogenated alkanes) is 19. The third-order valence-electron chi connectivity index (χ3n) is 7.06. The van der Waals surface area contributed by atoms with E-state index in [1.165, 1.54) is 96.3 Å². The smallest absolute Gasteiger partial charge is 0.306 e. The monoisotopic (exact) mass is 538 g/mol. The first kappa shape index (κ1) is 36.6. The lowest BCUT2D eigenvalue weighted by atomic mass is 10.0. The van der Waals surface area contributed by atoms with E-state index in [1.54, 1.807) is 0 Å². The third kappa shape index (κ3) is 27.7. The highest BCUT2D eigenvalue weighted by Gasteiger charge is 2.16. The van der Waals surface area contributed by atoms with Crippen molar-refractivity contribution in [3.63, 3.8) is 0 Å². The summed E-state index contributed by atoms with van der Waals surface area (Å²) in [4.78, 5) is 24.0. The van der Waals surface area contributed by atoms with Crippen LogP contribution in [-0.4, -0.2) is 36.4 Å². The number of rotatable bonds is 29. The lowest BCUT2D eigenvalue weighted by molar-refractivity contribution is -0.161. The van der Waals surface area contributed by atoms with Crippen LogP contribution in [0.5, 0.6) is 0 Å². The first-order valence-electron chi connectivity index (χ1n) is 16.2. The predicted octanol–water partition coefficient (Wildman–Crippen LogP) is 9.39. The minimum Gasteiger partial charge on any atom is -0.462 e. The average molecular weight is 539 g/mol. The summed E-state index contributed by atoms with van der Waals surface area (Å²) in [5, 5.41) is 9.47. The van der Waals surface area contributed by atoms with Crippen molar-refractivity contribution in [2.45, 2.75) is 174 Å². The van der Waals surface area contributed by atoms with E-state index in [-0.39, 0.29) is 25.2 Å². The van der Waals surface area contributed by atoms with E-state index in [4.69, 9.17) is 9.47 Å². The Balaban J connectivity index is 3.57. The lowest BCUT2D eigenvalue weighted by Gasteiger charge is -2.15. The van der Waals surface area contributed by atoms with Crippen LogP contribution in [-0.2, 0) is 19.1 Å². The summed E-state index contributed by atoms with van der Waals surface area (Å²) in [6.45, 7) is 4.08. The van der Waals surface area contributed by atoms with Gasteiger partial charge in [-0.15, -0.1) is 0 Å². The van der Waals surface area contributed by atoms with E-state index in [2.05, 4.69) is 26.0 Å². The second-order valence-corrected chi connectivity index (χ2v) is 10.9. The van der Waals surface area contributed by atoms with Gasteiger partial charge in [0.1, 0.15) is 6.61 Å². The van der Waals surface area contributed by atoms with Crippen molar-refractivity contribution < 1.29 is 24.2 Å². The Morgan fingerprint density at radius 3 is 1.50 bits per heavy atom. The van der Waals surface area contributed by atoms with Crippen LogP contribution in [0.3, 0.4) is 0 Å². The number of allylic oxidation sites excluding steroid dienone is 2. The molecule has 0 fully saturated rings. The Morgan fingerprint density at radius 1 is 0.579 bits per heavy atom. The molecule has 0 aliphatic heterocycles. The van der Waals surface area contributed by atoms with Crippen molar-refractivity contribution in [3.8, 4) is 0 Å². The van der Waals surface area contributed by atoms with Gasteiger partial charge in [-0.05, 0) is 32.1 Å². The van der Waals surface area contributed by atoms with Crippen LogP contribution in [0, 0.1) is 0 Å². The maximum atomic E-state index is 12.0. The number of esters is 2. The largest absolute Gasteiger partial charge is 0.462 e. The van der Waals surface area contributed by atoms with E-state index < -0.39 is 6.10 Å². The molecule has 0 radical (unpaired) electrons. The number of ether oxygens (including phenoxy) is 2. The summed E-state index contributed by atoms with van der Waals surface area (Å²) in [6, 6.07) is 0. The van der Waals surface area contributed by atoms with E-state index in [0.717, 1.165) is 44.9 Å². The van der Waals surface area contributed by atoms with E-state index in [0.29, 0.717) is 12.8 Å². The fourth-order valence-electron chi connectivity index (χ4n) is 4.53. The number of aliphatic hydroxyl groups excluding tert-OH is 1.